The Labute approximate surface area is 109 Å². The van der Waals surface area contributed by atoms with E-state index in [1.165, 1.54) is 0 Å². The van der Waals surface area contributed by atoms with Crippen LogP contribution in [-0.2, 0) is 4.79 Å². The number of hydrogen-bond donors (Lipinski definition) is 1. The molecular formula is C15H21NO2. The Bertz CT molecular complexity index is 387. The van der Waals surface area contributed by atoms with Gasteiger partial charge in [0.2, 0.25) is 5.91 Å². The fourth-order valence-corrected chi connectivity index (χ4v) is 1.89. The van der Waals surface area contributed by atoms with Crippen molar-refractivity contribution in [3.8, 4) is 0 Å². The number of amides is 1. The van der Waals surface area contributed by atoms with Gasteiger partial charge < -0.3 is 10.0 Å². The molecule has 1 atom stereocenters. The Balaban J connectivity index is 2.85. The maximum Gasteiger partial charge on any atom is 0.246 e. The molecule has 0 aromatic heterocycles. The number of aliphatic hydroxyl groups is 1. The molecule has 0 heterocycles. The van der Waals surface area contributed by atoms with Gasteiger partial charge in [0.1, 0.15) is 0 Å². The number of nitrogens with zero attached hydrogens (tertiary/aromatic N) is 1. The molecule has 0 radical (unpaired) electrons. The van der Waals surface area contributed by atoms with Crippen LogP contribution in [0.3, 0.4) is 0 Å². The van der Waals surface area contributed by atoms with E-state index < -0.39 is 0 Å². The number of allylic oxidation sites excluding steroid dienone is 1. The molecule has 1 N–H and O–H groups in total. The van der Waals surface area contributed by atoms with E-state index in [1.54, 1.807) is 17.1 Å². The van der Waals surface area contributed by atoms with E-state index in [1.807, 2.05) is 44.2 Å². The van der Waals surface area contributed by atoms with E-state index in [2.05, 4.69) is 0 Å². The van der Waals surface area contributed by atoms with Crippen LogP contribution in [0.5, 0.6) is 0 Å². The van der Waals surface area contributed by atoms with Crippen LogP contribution >= 0.6 is 0 Å². The van der Waals surface area contributed by atoms with E-state index in [-0.39, 0.29) is 18.6 Å². The monoisotopic (exact) mass is 247 g/mol. The van der Waals surface area contributed by atoms with Gasteiger partial charge in [0.25, 0.3) is 0 Å². The van der Waals surface area contributed by atoms with Crippen LogP contribution in [0.2, 0.25) is 0 Å². The van der Waals surface area contributed by atoms with E-state index in [0.29, 0.717) is 13.0 Å². The first-order valence-electron chi connectivity index (χ1n) is 6.29. The Morgan fingerprint density at radius 2 is 2.06 bits per heavy atom. The molecule has 0 fully saturated rings. The number of carbonyl (C=O) groups is 1. The zero-order valence-electron chi connectivity index (χ0n) is 11.0. The molecule has 1 aromatic rings. The lowest BCUT2D eigenvalue weighted by molar-refractivity contribution is -0.128. The maximum atomic E-state index is 12.0. The summed E-state index contributed by atoms with van der Waals surface area (Å²) in [6.45, 7) is 4.50. The van der Waals surface area contributed by atoms with Crippen molar-refractivity contribution in [1.29, 1.82) is 0 Å². The summed E-state index contributed by atoms with van der Waals surface area (Å²) in [4.78, 5) is 13.8. The molecular weight excluding hydrogens is 226 g/mol. The van der Waals surface area contributed by atoms with Crippen molar-refractivity contribution in [2.24, 2.45) is 0 Å². The van der Waals surface area contributed by atoms with Crippen LogP contribution in [-0.4, -0.2) is 29.1 Å². The highest BCUT2D eigenvalue weighted by Crippen LogP contribution is 2.20. The van der Waals surface area contributed by atoms with Crippen molar-refractivity contribution in [2.45, 2.75) is 26.3 Å². The van der Waals surface area contributed by atoms with Crippen LogP contribution < -0.4 is 0 Å². The minimum absolute atomic E-state index is 0.0118. The summed E-state index contributed by atoms with van der Waals surface area (Å²) < 4.78 is 0. The van der Waals surface area contributed by atoms with Gasteiger partial charge in [-0.1, -0.05) is 36.4 Å². The molecule has 0 unspecified atom stereocenters. The first kappa shape index (κ1) is 14.5. The molecule has 0 aliphatic heterocycles. The Morgan fingerprint density at radius 3 is 2.61 bits per heavy atom. The minimum atomic E-state index is -0.0118. The summed E-state index contributed by atoms with van der Waals surface area (Å²) >= 11 is 0. The first-order chi connectivity index (χ1) is 8.70. The van der Waals surface area contributed by atoms with Crippen molar-refractivity contribution in [2.75, 3.05) is 13.2 Å². The number of carbonyl (C=O) groups excluding carboxylic acids is 1. The highest BCUT2D eigenvalue weighted by molar-refractivity contribution is 5.87. The SMILES string of the molecule is C/C=C/C(=O)N(CCCO)[C@@H](C)c1ccccc1. The molecule has 18 heavy (non-hydrogen) atoms. The zero-order valence-corrected chi connectivity index (χ0v) is 11.0. The Morgan fingerprint density at radius 1 is 1.39 bits per heavy atom. The first-order valence-corrected chi connectivity index (χ1v) is 6.29. The van der Waals surface area contributed by atoms with Gasteiger partial charge in [0, 0.05) is 13.2 Å². The van der Waals surface area contributed by atoms with Crippen molar-refractivity contribution < 1.29 is 9.90 Å². The summed E-state index contributed by atoms with van der Waals surface area (Å²) in [5, 5.41) is 8.92. The third-order valence-electron chi connectivity index (χ3n) is 2.90. The maximum absolute atomic E-state index is 12.0. The second-order valence-electron chi connectivity index (χ2n) is 4.20. The molecule has 3 heteroatoms. The van der Waals surface area contributed by atoms with Crippen molar-refractivity contribution in [3.05, 3.63) is 48.0 Å². The molecule has 3 nitrogen and oxygen atoms in total. The second-order valence-corrected chi connectivity index (χ2v) is 4.20. The Kier molecular flexibility index (Phi) is 6.15. The second kappa shape index (κ2) is 7.67. The number of aliphatic hydroxyl groups excluding tert-OH is 1. The van der Waals surface area contributed by atoms with Gasteiger partial charge >= 0.3 is 0 Å². The average Bonchev–Trinajstić information content (AvgIpc) is 2.40. The number of hydrogen-bond acceptors (Lipinski definition) is 2. The fourth-order valence-electron chi connectivity index (χ4n) is 1.89. The van der Waals surface area contributed by atoms with Gasteiger partial charge in [-0.25, -0.2) is 0 Å². The topological polar surface area (TPSA) is 40.5 Å². The van der Waals surface area contributed by atoms with Gasteiger partial charge in [0.05, 0.1) is 6.04 Å². The smallest absolute Gasteiger partial charge is 0.246 e. The van der Waals surface area contributed by atoms with E-state index in [4.69, 9.17) is 5.11 Å². The fraction of sp³-hybridized carbons (Fsp3) is 0.400. The summed E-state index contributed by atoms with van der Waals surface area (Å²) in [6.07, 6.45) is 3.91. The summed E-state index contributed by atoms with van der Waals surface area (Å²) in [6, 6.07) is 9.94. The molecule has 0 bridgehead atoms. The summed E-state index contributed by atoms with van der Waals surface area (Å²) in [7, 11) is 0. The van der Waals surface area contributed by atoms with E-state index >= 15 is 0 Å². The lowest BCUT2D eigenvalue weighted by atomic mass is 10.1. The summed E-state index contributed by atoms with van der Waals surface area (Å²) in [5.74, 6) is -0.0118. The van der Waals surface area contributed by atoms with Crippen LogP contribution in [0.4, 0.5) is 0 Å². The van der Waals surface area contributed by atoms with Gasteiger partial charge in [-0.05, 0) is 31.9 Å². The lowest BCUT2D eigenvalue weighted by Crippen LogP contribution is -2.33. The standard InChI is InChI=1S/C15H21NO2/c1-3-8-15(18)16(11-7-12-17)13(2)14-9-5-4-6-10-14/h3-6,8-10,13,17H,7,11-12H2,1-2H3/b8-3+/t13-/m0/s1. The Hall–Kier alpha value is -1.61. The molecule has 0 saturated heterocycles. The van der Waals surface area contributed by atoms with Crippen LogP contribution in [0.25, 0.3) is 0 Å². The largest absolute Gasteiger partial charge is 0.396 e. The van der Waals surface area contributed by atoms with Crippen molar-refractivity contribution >= 4 is 5.91 Å². The molecule has 1 rings (SSSR count). The molecule has 0 aliphatic rings. The van der Waals surface area contributed by atoms with E-state index in [0.717, 1.165) is 5.56 Å². The predicted molar refractivity (Wildman–Crippen MR) is 73.1 cm³/mol. The highest BCUT2D eigenvalue weighted by Gasteiger charge is 2.18. The quantitative estimate of drug-likeness (QED) is 0.785. The van der Waals surface area contributed by atoms with Crippen molar-refractivity contribution in [1.82, 2.24) is 4.90 Å². The van der Waals surface area contributed by atoms with Gasteiger partial charge in [-0.15, -0.1) is 0 Å². The van der Waals surface area contributed by atoms with Crippen LogP contribution in [0, 0.1) is 0 Å². The number of rotatable bonds is 6. The highest BCUT2D eigenvalue weighted by atomic mass is 16.3. The van der Waals surface area contributed by atoms with Gasteiger partial charge in [-0.2, -0.15) is 0 Å². The van der Waals surface area contributed by atoms with Gasteiger partial charge in [0.15, 0.2) is 0 Å². The predicted octanol–water partition coefficient (Wildman–Crippen LogP) is 2.53. The third-order valence-corrected chi connectivity index (χ3v) is 2.90. The van der Waals surface area contributed by atoms with E-state index in [9.17, 15) is 4.79 Å². The number of benzene rings is 1. The minimum Gasteiger partial charge on any atom is -0.396 e. The summed E-state index contributed by atoms with van der Waals surface area (Å²) in [5.41, 5.74) is 1.10. The molecule has 0 spiro atoms. The van der Waals surface area contributed by atoms with Crippen molar-refractivity contribution in [3.63, 3.8) is 0 Å². The van der Waals surface area contributed by atoms with Gasteiger partial charge in [-0.3, -0.25) is 4.79 Å². The van der Waals surface area contributed by atoms with Crippen LogP contribution in [0.15, 0.2) is 42.5 Å². The zero-order chi connectivity index (χ0) is 13.4. The molecule has 1 amide bonds. The van der Waals surface area contributed by atoms with Crippen LogP contribution in [0.1, 0.15) is 31.9 Å². The third kappa shape index (κ3) is 4.00. The molecule has 98 valence electrons. The normalized spacial score (nSPS) is 12.6. The molecule has 0 saturated carbocycles. The molecule has 0 aliphatic carbocycles. The average molecular weight is 247 g/mol. The lowest BCUT2D eigenvalue weighted by Gasteiger charge is -2.28. The molecule has 1 aromatic carbocycles.